The fourth-order valence-electron chi connectivity index (χ4n) is 2.60. The number of hydrogen-bond acceptors (Lipinski definition) is 4. The van der Waals surface area contributed by atoms with Gasteiger partial charge in [-0.1, -0.05) is 12.1 Å². The number of hydrogen-bond donors (Lipinski definition) is 1. The summed E-state index contributed by atoms with van der Waals surface area (Å²) in [5, 5.41) is 3.94. The third kappa shape index (κ3) is 5.76. The summed E-state index contributed by atoms with van der Waals surface area (Å²) in [6, 6.07) is 17.6. The first-order valence-corrected chi connectivity index (χ1v) is 9.23. The van der Waals surface area contributed by atoms with Gasteiger partial charge in [-0.3, -0.25) is 9.97 Å². The zero-order valence-corrected chi connectivity index (χ0v) is 16.0. The Bertz CT molecular complexity index is 800. The Balaban J connectivity index is 1.73. The van der Waals surface area contributed by atoms with Gasteiger partial charge in [0.25, 0.3) is 0 Å². The van der Waals surface area contributed by atoms with E-state index < -0.39 is 0 Å². The molecule has 0 bridgehead atoms. The average Bonchev–Trinajstić information content (AvgIpc) is 2.71. The van der Waals surface area contributed by atoms with Gasteiger partial charge in [0.2, 0.25) is 0 Å². The summed E-state index contributed by atoms with van der Waals surface area (Å²) in [5.41, 5.74) is 2.96. The largest absolute Gasteiger partial charge is 0.494 e. The smallest absolute Gasteiger partial charge is 0.174 e. The van der Waals surface area contributed by atoms with Crippen molar-refractivity contribution in [1.82, 2.24) is 14.9 Å². The summed E-state index contributed by atoms with van der Waals surface area (Å²) < 4.78 is 5.49. The highest BCUT2D eigenvalue weighted by atomic mass is 32.1. The highest BCUT2D eigenvalue weighted by molar-refractivity contribution is 7.80. The minimum atomic E-state index is 0.610. The van der Waals surface area contributed by atoms with Crippen LogP contribution in [0.2, 0.25) is 0 Å². The molecule has 27 heavy (non-hydrogen) atoms. The first-order valence-electron chi connectivity index (χ1n) is 8.82. The van der Waals surface area contributed by atoms with E-state index in [0.29, 0.717) is 24.8 Å². The molecule has 0 spiro atoms. The maximum absolute atomic E-state index is 5.68. The second-order valence-corrected chi connectivity index (χ2v) is 6.31. The van der Waals surface area contributed by atoms with Crippen LogP contribution < -0.4 is 10.1 Å². The number of nitrogens with one attached hydrogen (secondary N) is 1. The molecule has 0 saturated heterocycles. The number of ether oxygens (including phenoxy) is 1. The highest BCUT2D eigenvalue weighted by Crippen LogP contribution is 2.17. The van der Waals surface area contributed by atoms with Crippen LogP contribution in [-0.2, 0) is 13.1 Å². The van der Waals surface area contributed by atoms with Crippen molar-refractivity contribution >= 4 is 23.0 Å². The van der Waals surface area contributed by atoms with Gasteiger partial charge in [-0.05, 0) is 67.2 Å². The van der Waals surface area contributed by atoms with Crippen LogP contribution in [0.15, 0.2) is 73.2 Å². The van der Waals surface area contributed by atoms with Gasteiger partial charge in [0, 0.05) is 30.8 Å². The van der Waals surface area contributed by atoms with E-state index in [1.165, 1.54) is 0 Å². The second kappa shape index (κ2) is 9.64. The predicted molar refractivity (Wildman–Crippen MR) is 112 cm³/mol. The standard InChI is InChI=1S/C21H22N4OS/c1-2-26-20-10-8-18(9-11-20)24-21(27)25(15-17-6-5-12-22-14-17)16-19-7-3-4-13-23-19/h3-14H,2,15-16H2,1H3,(H,24,27). The third-order valence-corrected chi connectivity index (χ3v) is 4.24. The van der Waals surface area contributed by atoms with Gasteiger partial charge in [0.1, 0.15) is 5.75 Å². The summed E-state index contributed by atoms with van der Waals surface area (Å²) in [4.78, 5) is 10.7. The Hall–Kier alpha value is -2.99. The molecule has 0 unspecified atom stereocenters. The van der Waals surface area contributed by atoms with Crippen molar-refractivity contribution < 1.29 is 4.74 Å². The first-order chi connectivity index (χ1) is 13.2. The van der Waals surface area contributed by atoms with E-state index in [9.17, 15) is 0 Å². The van der Waals surface area contributed by atoms with Crippen molar-refractivity contribution in [3.63, 3.8) is 0 Å². The normalized spacial score (nSPS) is 10.3. The minimum Gasteiger partial charge on any atom is -0.494 e. The zero-order valence-electron chi connectivity index (χ0n) is 15.2. The van der Waals surface area contributed by atoms with E-state index in [1.807, 2.05) is 67.7 Å². The zero-order chi connectivity index (χ0) is 18.9. The summed E-state index contributed by atoms with van der Waals surface area (Å²) in [6.45, 7) is 3.87. The predicted octanol–water partition coefficient (Wildman–Crippen LogP) is 4.27. The van der Waals surface area contributed by atoms with Crippen molar-refractivity contribution in [1.29, 1.82) is 0 Å². The summed E-state index contributed by atoms with van der Waals surface area (Å²) in [5.74, 6) is 0.842. The van der Waals surface area contributed by atoms with Crippen LogP contribution >= 0.6 is 12.2 Å². The van der Waals surface area contributed by atoms with E-state index in [4.69, 9.17) is 17.0 Å². The molecule has 0 saturated carbocycles. The number of thiocarbonyl (C=S) groups is 1. The van der Waals surface area contributed by atoms with Gasteiger partial charge in [-0.15, -0.1) is 0 Å². The van der Waals surface area contributed by atoms with Crippen LogP contribution in [0.25, 0.3) is 0 Å². The van der Waals surface area contributed by atoms with Gasteiger partial charge in [-0.25, -0.2) is 0 Å². The molecule has 2 aromatic heterocycles. The summed E-state index contributed by atoms with van der Waals surface area (Å²) in [6.07, 6.45) is 5.41. The van der Waals surface area contributed by atoms with Crippen molar-refractivity contribution in [3.8, 4) is 5.75 Å². The molecule has 0 aliphatic carbocycles. The van der Waals surface area contributed by atoms with Gasteiger partial charge in [0.05, 0.1) is 18.8 Å². The monoisotopic (exact) mass is 378 g/mol. The molecule has 0 fully saturated rings. The molecule has 2 heterocycles. The lowest BCUT2D eigenvalue weighted by Gasteiger charge is -2.25. The SMILES string of the molecule is CCOc1ccc(NC(=S)N(Cc2cccnc2)Cc2ccccn2)cc1. The molecule has 3 rings (SSSR count). The maximum atomic E-state index is 5.68. The topological polar surface area (TPSA) is 50.3 Å². The molecule has 0 amide bonds. The van der Waals surface area contributed by atoms with Crippen LogP contribution in [0.5, 0.6) is 5.75 Å². The van der Waals surface area contributed by atoms with E-state index in [0.717, 1.165) is 22.7 Å². The number of benzene rings is 1. The molecule has 0 atom stereocenters. The molecule has 1 aromatic carbocycles. The van der Waals surface area contributed by atoms with Crippen LogP contribution in [0.3, 0.4) is 0 Å². The average molecular weight is 379 g/mol. The van der Waals surface area contributed by atoms with Gasteiger partial charge in [0.15, 0.2) is 5.11 Å². The number of pyridine rings is 2. The molecule has 0 aliphatic heterocycles. The fourth-order valence-corrected chi connectivity index (χ4v) is 2.85. The Morgan fingerprint density at radius 1 is 1.04 bits per heavy atom. The summed E-state index contributed by atoms with van der Waals surface area (Å²) >= 11 is 5.68. The number of nitrogens with zero attached hydrogens (tertiary/aromatic N) is 3. The molecule has 0 aliphatic rings. The molecule has 5 nitrogen and oxygen atoms in total. The quantitative estimate of drug-likeness (QED) is 0.620. The van der Waals surface area contributed by atoms with Gasteiger partial charge in [-0.2, -0.15) is 0 Å². The van der Waals surface area contributed by atoms with E-state index in [2.05, 4.69) is 20.2 Å². The van der Waals surface area contributed by atoms with Gasteiger partial charge >= 0.3 is 0 Å². The molecule has 138 valence electrons. The highest BCUT2D eigenvalue weighted by Gasteiger charge is 2.12. The number of rotatable bonds is 7. The third-order valence-electron chi connectivity index (χ3n) is 3.88. The number of aromatic nitrogens is 2. The Labute approximate surface area is 165 Å². The van der Waals surface area contributed by atoms with Crippen LogP contribution in [0.4, 0.5) is 5.69 Å². The summed E-state index contributed by atoms with van der Waals surface area (Å²) in [7, 11) is 0. The first kappa shape index (κ1) is 18.8. The maximum Gasteiger partial charge on any atom is 0.174 e. The van der Waals surface area contributed by atoms with E-state index in [1.54, 1.807) is 12.4 Å². The van der Waals surface area contributed by atoms with Crippen molar-refractivity contribution in [3.05, 3.63) is 84.4 Å². The van der Waals surface area contributed by atoms with Crippen LogP contribution in [0, 0.1) is 0 Å². The van der Waals surface area contributed by atoms with Crippen LogP contribution in [0.1, 0.15) is 18.2 Å². The lowest BCUT2D eigenvalue weighted by Crippen LogP contribution is -2.34. The van der Waals surface area contributed by atoms with Crippen molar-refractivity contribution in [2.24, 2.45) is 0 Å². The Morgan fingerprint density at radius 3 is 2.56 bits per heavy atom. The Morgan fingerprint density at radius 2 is 1.89 bits per heavy atom. The molecule has 1 N–H and O–H groups in total. The lowest BCUT2D eigenvalue weighted by molar-refractivity contribution is 0.340. The molecule has 3 aromatic rings. The lowest BCUT2D eigenvalue weighted by atomic mass is 10.2. The van der Waals surface area contributed by atoms with Crippen molar-refractivity contribution in [2.45, 2.75) is 20.0 Å². The Kier molecular flexibility index (Phi) is 6.71. The second-order valence-electron chi connectivity index (χ2n) is 5.93. The van der Waals surface area contributed by atoms with E-state index in [-0.39, 0.29) is 0 Å². The minimum absolute atomic E-state index is 0.610. The van der Waals surface area contributed by atoms with Crippen LogP contribution in [-0.4, -0.2) is 26.6 Å². The van der Waals surface area contributed by atoms with Gasteiger partial charge < -0.3 is 15.0 Å². The molecular formula is C21H22N4OS. The fraction of sp³-hybridized carbons (Fsp3) is 0.190. The van der Waals surface area contributed by atoms with E-state index >= 15 is 0 Å². The number of anilines is 1. The molecular weight excluding hydrogens is 356 g/mol. The molecule has 0 radical (unpaired) electrons. The van der Waals surface area contributed by atoms with Crippen molar-refractivity contribution in [2.75, 3.05) is 11.9 Å². The molecule has 6 heteroatoms.